The smallest absolute Gasteiger partial charge is 0.263 e. The molecule has 0 saturated carbocycles. The van der Waals surface area contributed by atoms with Crippen LogP contribution in [0.1, 0.15) is 35.7 Å². The van der Waals surface area contributed by atoms with Crippen LogP contribution in [-0.2, 0) is 0 Å². The van der Waals surface area contributed by atoms with Gasteiger partial charge in [0, 0.05) is 48.8 Å². The molecule has 198 valence electrons. The number of nitrogens with zero attached hydrogens (tertiary/aromatic N) is 3. The lowest BCUT2D eigenvalue weighted by Gasteiger charge is -2.38. The van der Waals surface area contributed by atoms with Gasteiger partial charge in [0.25, 0.3) is 11.5 Å². The summed E-state index contributed by atoms with van der Waals surface area (Å²) in [5, 5.41) is 9.47. The van der Waals surface area contributed by atoms with Crippen molar-refractivity contribution in [3.05, 3.63) is 64.2 Å². The molecule has 5 heterocycles. The van der Waals surface area contributed by atoms with E-state index in [-0.39, 0.29) is 11.7 Å². The highest BCUT2D eigenvalue weighted by Crippen LogP contribution is 2.35. The molecule has 10 nitrogen and oxygen atoms in total. The highest BCUT2D eigenvalue weighted by atomic mass is 16.5. The Labute approximate surface area is 221 Å². The molecule has 0 radical (unpaired) electrons. The highest BCUT2D eigenvalue weighted by Gasteiger charge is 2.30. The number of aromatic nitrogens is 2. The van der Waals surface area contributed by atoms with E-state index < -0.39 is 11.5 Å². The van der Waals surface area contributed by atoms with Crippen LogP contribution in [-0.4, -0.2) is 65.6 Å². The SMILES string of the molecule is Cc1c(Nc2cc[nH]c(=O)c2C(=O)Nc2ccc(N3CCN4CCCC4C3)cc2)cnc2c1NCC(C)O2. The average Bonchev–Trinajstić information content (AvgIpc) is 3.39. The van der Waals surface area contributed by atoms with Crippen molar-refractivity contribution in [1.29, 1.82) is 0 Å². The monoisotopic (exact) mass is 515 g/mol. The molecule has 3 aromatic rings. The van der Waals surface area contributed by atoms with Gasteiger partial charge in [-0.3, -0.25) is 14.5 Å². The maximum Gasteiger partial charge on any atom is 0.263 e. The summed E-state index contributed by atoms with van der Waals surface area (Å²) in [5.41, 5.74) is 4.08. The summed E-state index contributed by atoms with van der Waals surface area (Å²) in [4.78, 5) is 38.1. The van der Waals surface area contributed by atoms with E-state index in [0.29, 0.717) is 35.5 Å². The summed E-state index contributed by atoms with van der Waals surface area (Å²) in [6.07, 6.45) is 5.75. The Morgan fingerprint density at radius 2 is 1.97 bits per heavy atom. The lowest BCUT2D eigenvalue weighted by atomic mass is 10.1. The fourth-order valence-electron chi connectivity index (χ4n) is 5.61. The lowest BCUT2D eigenvalue weighted by Crippen LogP contribution is -2.50. The largest absolute Gasteiger partial charge is 0.471 e. The van der Waals surface area contributed by atoms with Crippen molar-refractivity contribution in [2.24, 2.45) is 0 Å². The van der Waals surface area contributed by atoms with Gasteiger partial charge in [0.1, 0.15) is 17.4 Å². The number of rotatable bonds is 5. The molecule has 2 fully saturated rings. The number of hydrogen-bond acceptors (Lipinski definition) is 8. The maximum atomic E-state index is 13.3. The van der Waals surface area contributed by atoms with Crippen LogP contribution in [0.5, 0.6) is 5.88 Å². The van der Waals surface area contributed by atoms with Gasteiger partial charge >= 0.3 is 0 Å². The minimum absolute atomic E-state index is 0.00360. The number of ether oxygens (including phenoxy) is 1. The minimum atomic E-state index is -0.486. The van der Waals surface area contributed by atoms with Crippen LogP contribution >= 0.6 is 0 Å². The quantitative estimate of drug-likeness (QED) is 0.408. The van der Waals surface area contributed by atoms with Gasteiger partial charge < -0.3 is 30.6 Å². The summed E-state index contributed by atoms with van der Waals surface area (Å²) >= 11 is 0. The molecule has 3 aliphatic heterocycles. The van der Waals surface area contributed by atoms with E-state index in [2.05, 4.69) is 35.7 Å². The van der Waals surface area contributed by atoms with Gasteiger partial charge in [-0.25, -0.2) is 4.98 Å². The normalized spacial score (nSPS) is 20.6. The number of benzene rings is 1. The summed E-state index contributed by atoms with van der Waals surface area (Å²) in [6.45, 7) is 8.95. The zero-order valence-corrected chi connectivity index (χ0v) is 21.7. The van der Waals surface area contributed by atoms with Crippen molar-refractivity contribution in [3.63, 3.8) is 0 Å². The maximum absolute atomic E-state index is 13.3. The summed E-state index contributed by atoms with van der Waals surface area (Å²) in [7, 11) is 0. The summed E-state index contributed by atoms with van der Waals surface area (Å²) in [6, 6.07) is 10.2. The second-order valence-corrected chi connectivity index (χ2v) is 10.3. The molecule has 2 atom stereocenters. The van der Waals surface area contributed by atoms with Gasteiger partial charge in [-0.2, -0.15) is 0 Å². The summed E-state index contributed by atoms with van der Waals surface area (Å²) in [5.74, 6) is 0.0600. The van der Waals surface area contributed by atoms with Crippen molar-refractivity contribution in [2.45, 2.75) is 38.8 Å². The molecular formula is C28H33N7O3. The third-order valence-electron chi connectivity index (χ3n) is 7.72. The lowest BCUT2D eigenvalue weighted by molar-refractivity contribution is 0.102. The third-order valence-corrected chi connectivity index (χ3v) is 7.72. The molecule has 4 N–H and O–H groups in total. The average molecular weight is 516 g/mol. The fraction of sp³-hybridized carbons (Fsp3) is 0.393. The van der Waals surface area contributed by atoms with Crippen molar-refractivity contribution in [1.82, 2.24) is 14.9 Å². The molecule has 3 aliphatic rings. The molecule has 0 bridgehead atoms. The van der Waals surface area contributed by atoms with Gasteiger partial charge in [0.15, 0.2) is 0 Å². The minimum Gasteiger partial charge on any atom is -0.471 e. The second-order valence-electron chi connectivity index (χ2n) is 10.3. The molecule has 2 aromatic heterocycles. The predicted octanol–water partition coefficient (Wildman–Crippen LogP) is 3.55. The number of hydrogen-bond donors (Lipinski definition) is 4. The Hall–Kier alpha value is -4.05. The summed E-state index contributed by atoms with van der Waals surface area (Å²) < 4.78 is 5.81. The van der Waals surface area contributed by atoms with Gasteiger partial charge in [-0.05, 0) is 63.6 Å². The van der Waals surface area contributed by atoms with Gasteiger partial charge in [-0.15, -0.1) is 0 Å². The van der Waals surface area contributed by atoms with Crippen LogP contribution in [0.15, 0.2) is 47.5 Å². The molecule has 38 heavy (non-hydrogen) atoms. The standard InChI is InChI=1S/C28H33N7O3/c1-17-14-30-25-18(2)23(15-31-28(25)38-17)33-22-9-10-29-26(36)24(22)27(37)32-19-5-7-20(8-6-19)35-13-12-34-11-3-4-21(34)16-35/h5-10,15,17,21,30H,3-4,11-14,16H2,1-2H3,(H,32,37)(H2,29,33,36). The molecule has 1 aromatic carbocycles. The van der Waals surface area contributed by atoms with E-state index >= 15 is 0 Å². The van der Waals surface area contributed by atoms with Gasteiger partial charge in [0.2, 0.25) is 5.88 Å². The first-order chi connectivity index (χ1) is 18.5. The zero-order chi connectivity index (χ0) is 26.2. The Morgan fingerprint density at radius 3 is 2.82 bits per heavy atom. The molecule has 2 unspecified atom stereocenters. The first-order valence-corrected chi connectivity index (χ1v) is 13.3. The predicted molar refractivity (Wildman–Crippen MR) is 149 cm³/mol. The van der Waals surface area contributed by atoms with E-state index in [0.717, 1.165) is 36.6 Å². The number of H-pyrrole nitrogens is 1. The Kier molecular flexibility index (Phi) is 6.40. The van der Waals surface area contributed by atoms with Gasteiger partial charge in [-0.1, -0.05) is 0 Å². The Bertz CT molecular complexity index is 1400. The number of fused-ring (bicyclic) bond motifs is 2. The highest BCUT2D eigenvalue weighted by molar-refractivity contribution is 6.08. The van der Waals surface area contributed by atoms with Crippen LogP contribution in [0.2, 0.25) is 0 Å². The number of amides is 1. The molecule has 0 spiro atoms. The van der Waals surface area contributed by atoms with Crippen LogP contribution < -0.4 is 31.1 Å². The number of carbonyl (C=O) groups is 1. The molecule has 6 rings (SSSR count). The second kappa shape index (κ2) is 10.0. The van der Waals surface area contributed by atoms with E-state index in [9.17, 15) is 9.59 Å². The van der Waals surface area contributed by atoms with E-state index in [1.807, 2.05) is 38.1 Å². The fourth-order valence-corrected chi connectivity index (χ4v) is 5.61. The third kappa shape index (κ3) is 4.67. The zero-order valence-electron chi connectivity index (χ0n) is 21.7. The molecular weight excluding hydrogens is 482 g/mol. The first-order valence-electron chi connectivity index (χ1n) is 13.3. The van der Waals surface area contributed by atoms with Crippen molar-refractivity contribution < 1.29 is 9.53 Å². The van der Waals surface area contributed by atoms with E-state index in [4.69, 9.17) is 4.74 Å². The van der Waals surface area contributed by atoms with Crippen molar-refractivity contribution in [3.8, 4) is 5.88 Å². The van der Waals surface area contributed by atoms with Crippen molar-refractivity contribution in [2.75, 3.05) is 53.6 Å². The number of carbonyl (C=O) groups excluding carboxylic acids is 1. The molecule has 1 amide bonds. The first kappa shape index (κ1) is 24.3. The van der Waals surface area contributed by atoms with E-state index in [1.165, 1.54) is 25.6 Å². The number of piperazine rings is 1. The van der Waals surface area contributed by atoms with Crippen LogP contribution in [0, 0.1) is 6.92 Å². The topological polar surface area (TPSA) is 115 Å². The molecule has 10 heteroatoms. The number of nitrogens with one attached hydrogen (secondary N) is 4. The van der Waals surface area contributed by atoms with Crippen LogP contribution in [0.3, 0.4) is 0 Å². The molecule has 0 aliphatic carbocycles. The molecule has 2 saturated heterocycles. The van der Waals surface area contributed by atoms with Crippen LogP contribution in [0.25, 0.3) is 0 Å². The Balaban J connectivity index is 1.18. The number of pyridine rings is 2. The number of aromatic amines is 1. The van der Waals surface area contributed by atoms with Crippen molar-refractivity contribution >= 4 is 34.3 Å². The van der Waals surface area contributed by atoms with Gasteiger partial charge in [0.05, 0.1) is 24.1 Å². The number of anilines is 5. The van der Waals surface area contributed by atoms with Crippen LogP contribution in [0.4, 0.5) is 28.4 Å². The van der Waals surface area contributed by atoms with E-state index in [1.54, 1.807) is 12.3 Å². The Morgan fingerprint density at radius 1 is 1.13 bits per heavy atom.